The highest BCUT2D eigenvalue weighted by atomic mass is 35.5. The molecule has 0 fully saturated rings. The molecule has 2 aromatic rings. The van der Waals surface area contributed by atoms with Gasteiger partial charge in [0.2, 0.25) is 5.95 Å². The molecule has 0 radical (unpaired) electrons. The maximum absolute atomic E-state index is 6.01. The Kier molecular flexibility index (Phi) is 4.35. The predicted octanol–water partition coefficient (Wildman–Crippen LogP) is 2.55. The molecule has 2 aromatic heterocycles. The number of hydrogen-bond acceptors (Lipinski definition) is 6. The molecule has 0 aliphatic heterocycles. The van der Waals surface area contributed by atoms with Crippen LogP contribution in [0.2, 0.25) is 5.02 Å². The zero-order chi connectivity index (χ0) is 12.8. The fraction of sp³-hybridized carbons (Fsp3) is 0.364. The van der Waals surface area contributed by atoms with Crippen LogP contribution in [0.4, 0.5) is 11.8 Å². The van der Waals surface area contributed by atoms with Crippen LogP contribution in [0.1, 0.15) is 19.1 Å². The molecule has 0 aliphatic carbocycles. The number of halogens is 1. The second-order valence-corrected chi connectivity index (χ2v) is 4.06. The molecule has 2 rings (SSSR count). The third-order valence-electron chi connectivity index (χ3n) is 2.20. The lowest BCUT2D eigenvalue weighted by molar-refractivity contribution is 0.388. The topological polar surface area (TPSA) is 75.9 Å². The van der Waals surface area contributed by atoms with E-state index in [4.69, 9.17) is 16.1 Å². The lowest BCUT2D eigenvalue weighted by atomic mass is 10.4. The van der Waals surface area contributed by atoms with Gasteiger partial charge in [-0.05, 0) is 6.42 Å². The lowest BCUT2D eigenvalue weighted by Crippen LogP contribution is -2.07. The SMILES string of the molecule is CCCNc1ncc(Cl)c(NCc2ccno2)n1. The van der Waals surface area contributed by atoms with E-state index in [-0.39, 0.29) is 0 Å². The number of aromatic nitrogens is 3. The smallest absolute Gasteiger partial charge is 0.224 e. The Morgan fingerprint density at radius 1 is 1.39 bits per heavy atom. The summed E-state index contributed by atoms with van der Waals surface area (Å²) in [6.07, 6.45) is 4.16. The summed E-state index contributed by atoms with van der Waals surface area (Å²) in [5.74, 6) is 1.84. The van der Waals surface area contributed by atoms with E-state index in [9.17, 15) is 0 Å². The molecular formula is C11H14ClN5O. The maximum atomic E-state index is 6.01. The van der Waals surface area contributed by atoms with Crippen LogP contribution in [0, 0.1) is 0 Å². The van der Waals surface area contributed by atoms with Crippen LogP contribution in [0.15, 0.2) is 23.0 Å². The van der Waals surface area contributed by atoms with Crippen LogP contribution in [-0.4, -0.2) is 21.7 Å². The molecule has 0 spiro atoms. The Morgan fingerprint density at radius 3 is 3.00 bits per heavy atom. The van der Waals surface area contributed by atoms with Gasteiger partial charge in [-0.1, -0.05) is 23.7 Å². The summed E-state index contributed by atoms with van der Waals surface area (Å²) < 4.78 is 4.98. The summed E-state index contributed by atoms with van der Waals surface area (Å²) in [6, 6.07) is 1.78. The van der Waals surface area contributed by atoms with Crippen molar-refractivity contribution < 1.29 is 4.52 Å². The summed E-state index contributed by atoms with van der Waals surface area (Å²) >= 11 is 6.01. The number of anilines is 2. The first-order valence-electron chi connectivity index (χ1n) is 5.69. The molecule has 96 valence electrons. The second kappa shape index (κ2) is 6.20. The largest absolute Gasteiger partial charge is 0.361 e. The Balaban J connectivity index is 2.01. The molecule has 6 nitrogen and oxygen atoms in total. The molecule has 7 heteroatoms. The molecule has 0 saturated heterocycles. The molecule has 0 atom stereocenters. The van der Waals surface area contributed by atoms with Crippen LogP contribution >= 0.6 is 11.6 Å². The molecule has 0 saturated carbocycles. The Morgan fingerprint density at radius 2 is 2.28 bits per heavy atom. The van der Waals surface area contributed by atoms with E-state index in [0.717, 1.165) is 13.0 Å². The Hall–Kier alpha value is -1.82. The van der Waals surface area contributed by atoms with Crippen LogP contribution < -0.4 is 10.6 Å². The van der Waals surface area contributed by atoms with Crippen LogP contribution in [0.5, 0.6) is 0 Å². The first-order valence-corrected chi connectivity index (χ1v) is 6.07. The van der Waals surface area contributed by atoms with Gasteiger partial charge in [-0.3, -0.25) is 0 Å². The van der Waals surface area contributed by atoms with Crippen LogP contribution in [-0.2, 0) is 6.54 Å². The van der Waals surface area contributed by atoms with Crippen molar-refractivity contribution in [3.05, 3.63) is 29.2 Å². The minimum Gasteiger partial charge on any atom is -0.361 e. The monoisotopic (exact) mass is 267 g/mol. The summed E-state index contributed by atoms with van der Waals surface area (Å²) in [4.78, 5) is 8.37. The molecule has 2 heterocycles. The van der Waals surface area contributed by atoms with Gasteiger partial charge in [-0.15, -0.1) is 0 Å². The van der Waals surface area contributed by atoms with Gasteiger partial charge in [0.25, 0.3) is 0 Å². The average Bonchev–Trinajstić information content (AvgIpc) is 2.89. The first kappa shape index (κ1) is 12.6. The highest BCUT2D eigenvalue weighted by Gasteiger charge is 2.06. The Labute approximate surface area is 110 Å². The molecule has 18 heavy (non-hydrogen) atoms. The molecular weight excluding hydrogens is 254 g/mol. The minimum atomic E-state index is 0.469. The van der Waals surface area contributed by atoms with Crippen molar-refractivity contribution in [3.8, 4) is 0 Å². The molecule has 0 aromatic carbocycles. The third kappa shape index (κ3) is 3.33. The Bertz CT molecular complexity index is 488. The molecule has 0 amide bonds. The van der Waals surface area contributed by atoms with Crippen molar-refractivity contribution in [2.24, 2.45) is 0 Å². The van der Waals surface area contributed by atoms with Crippen molar-refractivity contribution in [1.82, 2.24) is 15.1 Å². The number of nitrogens with zero attached hydrogens (tertiary/aromatic N) is 3. The van der Waals surface area contributed by atoms with Crippen molar-refractivity contribution >= 4 is 23.4 Å². The van der Waals surface area contributed by atoms with Crippen LogP contribution in [0.3, 0.4) is 0 Å². The van der Waals surface area contributed by atoms with E-state index >= 15 is 0 Å². The van der Waals surface area contributed by atoms with Gasteiger partial charge < -0.3 is 15.2 Å². The predicted molar refractivity (Wildman–Crippen MR) is 69.7 cm³/mol. The molecule has 2 N–H and O–H groups in total. The van der Waals surface area contributed by atoms with Crippen molar-refractivity contribution in [3.63, 3.8) is 0 Å². The van der Waals surface area contributed by atoms with E-state index in [2.05, 4.69) is 32.7 Å². The van der Waals surface area contributed by atoms with Gasteiger partial charge in [0, 0.05) is 12.6 Å². The fourth-order valence-electron chi connectivity index (χ4n) is 1.32. The van der Waals surface area contributed by atoms with E-state index in [1.165, 1.54) is 0 Å². The van der Waals surface area contributed by atoms with Gasteiger partial charge in [0.15, 0.2) is 11.6 Å². The molecule has 0 aliphatic rings. The average molecular weight is 268 g/mol. The highest BCUT2D eigenvalue weighted by Crippen LogP contribution is 2.20. The second-order valence-electron chi connectivity index (χ2n) is 3.65. The number of hydrogen-bond donors (Lipinski definition) is 2. The van der Waals surface area contributed by atoms with Gasteiger partial charge in [-0.2, -0.15) is 4.98 Å². The van der Waals surface area contributed by atoms with Crippen molar-refractivity contribution in [2.45, 2.75) is 19.9 Å². The zero-order valence-corrected chi connectivity index (χ0v) is 10.7. The number of rotatable bonds is 6. The van der Waals surface area contributed by atoms with E-state index in [1.54, 1.807) is 18.5 Å². The summed E-state index contributed by atoms with van der Waals surface area (Å²) in [6.45, 7) is 3.37. The van der Waals surface area contributed by atoms with Gasteiger partial charge >= 0.3 is 0 Å². The third-order valence-corrected chi connectivity index (χ3v) is 2.48. The standard InChI is InChI=1S/C11H14ClN5O/c1-2-4-13-11-15-7-9(12)10(17-11)14-6-8-3-5-16-18-8/h3,5,7H,2,4,6H2,1H3,(H2,13,14,15,17). The van der Waals surface area contributed by atoms with E-state index in [1.807, 2.05) is 0 Å². The molecule has 0 unspecified atom stereocenters. The quantitative estimate of drug-likeness (QED) is 0.838. The highest BCUT2D eigenvalue weighted by molar-refractivity contribution is 6.32. The van der Waals surface area contributed by atoms with Crippen molar-refractivity contribution in [1.29, 1.82) is 0 Å². The van der Waals surface area contributed by atoms with Crippen LogP contribution in [0.25, 0.3) is 0 Å². The fourth-order valence-corrected chi connectivity index (χ4v) is 1.48. The molecule has 0 bridgehead atoms. The van der Waals surface area contributed by atoms with Crippen molar-refractivity contribution in [2.75, 3.05) is 17.2 Å². The van der Waals surface area contributed by atoms with E-state index < -0.39 is 0 Å². The normalized spacial score (nSPS) is 10.3. The van der Waals surface area contributed by atoms with E-state index in [0.29, 0.717) is 29.1 Å². The number of nitrogens with one attached hydrogen (secondary N) is 2. The minimum absolute atomic E-state index is 0.469. The zero-order valence-electron chi connectivity index (χ0n) is 9.98. The lowest BCUT2D eigenvalue weighted by Gasteiger charge is -2.08. The maximum Gasteiger partial charge on any atom is 0.224 e. The first-order chi connectivity index (χ1) is 8.79. The summed E-state index contributed by atoms with van der Waals surface area (Å²) in [7, 11) is 0. The van der Waals surface area contributed by atoms with Gasteiger partial charge in [-0.25, -0.2) is 4.98 Å². The van der Waals surface area contributed by atoms with Gasteiger partial charge in [0.1, 0.15) is 5.02 Å². The summed E-state index contributed by atoms with van der Waals surface area (Å²) in [5, 5.41) is 10.3. The van der Waals surface area contributed by atoms with Gasteiger partial charge in [0.05, 0.1) is 18.9 Å². The summed E-state index contributed by atoms with van der Waals surface area (Å²) in [5.41, 5.74) is 0.